The Hall–Kier alpha value is -2.41. The highest BCUT2D eigenvalue weighted by Crippen LogP contribution is 2.28. The van der Waals surface area contributed by atoms with Crippen molar-refractivity contribution < 1.29 is 19.3 Å². The summed E-state index contributed by atoms with van der Waals surface area (Å²) in [5.41, 5.74) is 10.7. The number of hydrogen-bond acceptors (Lipinski definition) is 5. The Bertz CT molecular complexity index is 737. The number of aliphatic hydroxyl groups excluding tert-OH is 1. The van der Waals surface area contributed by atoms with E-state index in [0.717, 1.165) is 11.1 Å². The first-order chi connectivity index (χ1) is 13.3. The van der Waals surface area contributed by atoms with Crippen molar-refractivity contribution >= 4 is 0 Å². The predicted octanol–water partition coefficient (Wildman–Crippen LogP) is 3.23. The number of benzene rings is 2. The smallest absolute Gasteiger partial charge is 0.115 e. The van der Waals surface area contributed by atoms with Crippen molar-refractivity contribution in [3.8, 4) is 0 Å². The SMILES string of the molecule is [N-]=[N+]=NC[C@@H]1O[C@H](CO)[C@@H](OCc2ccccc2)[C@@H]1OCc1ccccc1. The first-order valence-electron chi connectivity index (χ1n) is 8.90. The lowest BCUT2D eigenvalue weighted by Crippen LogP contribution is -2.39. The van der Waals surface area contributed by atoms with Crippen LogP contribution in [0, 0.1) is 0 Å². The zero-order chi connectivity index (χ0) is 18.9. The summed E-state index contributed by atoms with van der Waals surface area (Å²) in [6, 6.07) is 19.6. The average Bonchev–Trinajstić information content (AvgIpc) is 3.07. The van der Waals surface area contributed by atoms with Gasteiger partial charge in [0, 0.05) is 4.91 Å². The van der Waals surface area contributed by atoms with Crippen molar-refractivity contribution in [1.82, 2.24) is 0 Å². The molecule has 0 aliphatic carbocycles. The zero-order valence-corrected chi connectivity index (χ0v) is 14.9. The second-order valence-electron chi connectivity index (χ2n) is 6.33. The molecule has 1 aliphatic heterocycles. The van der Waals surface area contributed by atoms with Gasteiger partial charge in [0.25, 0.3) is 0 Å². The van der Waals surface area contributed by atoms with E-state index in [9.17, 15) is 5.11 Å². The Morgan fingerprint density at radius 2 is 1.41 bits per heavy atom. The first kappa shape index (κ1) is 19.4. The summed E-state index contributed by atoms with van der Waals surface area (Å²) in [6.07, 6.45) is -1.91. The standard InChI is InChI=1S/C20H23N3O4/c21-23-22-11-17-19(25-13-15-7-3-1-4-8-15)20(18(12-24)27-17)26-14-16-9-5-2-6-10-16/h1-10,17-20,24H,11-14H2/t17-,18+,19+,20+/m0/s1. The zero-order valence-electron chi connectivity index (χ0n) is 14.9. The number of azide groups is 1. The number of ether oxygens (including phenoxy) is 3. The Morgan fingerprint density at radius 1 is 0.889 bits per heavy atom. The van der Waals surface area contributed by atoms with Crippen LogP contribution in [-0.2, 0) is 27.4 Å². The van der Waals surface area contributed by atoms with Crippen LogP contribution in [0.5, 0.6) is 0 Å². The quantitative estimate of drug-likeness (QED) is 0.417. The molecule has 2 aromatic rings. The lowest BCUT2D eigenvalue weighted by Gasteiger charge is -2.24. The van der Waals surface area contributed by atoms with Gasteiger partial charge in [-0.1, -0.05) is 65.8 Å². The molecule has 3 rings (SSSR count). The van der Waals surface area contributed by atoms with E-state index in [0.29, 0.717) is 13.2 Å². The fourth-order valence-electron chi connectivity index (χ4n) is 3.15. The van der Waals surface area contributed by atoms with Gasteiger partial charge in [-0.05, 0) is 16.7 Å². The van der Waals surface area contributed by atoms with Crippen LogP contribution in [-0.4, -0.2) is 42.7 Å². The molecule has 0 bridgehead atoms. The van der Waals surface area contributed by atoms with E-state index in [1.807, 2.05) is 60.7 Å². The third-order valence-electron chi connectivity index (χ3n) is 4.48. The molecular formula is C20H23N3O4. The molecule has 2 aromatic carbocycles. The average molecular weight is 369 g/mol. The molecule has 0 aromatic heterocycles. The van der Waals surface area contributed by atoms with Gasteiger partial charge in [0.05, 0.1) is 32.5 Å². The molecule has 27 heavy (non-hydrogen) atoms. The van der Waals surface area contributed by atoms with Gasteiger partial charge in [0.1, 0.15) is 18.3 Å². The lowest BCUT2D eigenvalue weighted by atomic mass is 10.1. The van der Waals surface area contributed by atoms with Crippen molar-refractivity contribution in [2.45, 2.75) is 37.6 Å². The number of aliphatic hydroxyl groups is 1. The normalized spacial score (nSPS) is 24.5. The summed E-state index contributed by atoms with van der Waals surface area (Å²) in [7, 11) is 0. The van der Waals surface area contributed by atoms with Crippen LogP contribution in [0.15, 0.2) is 65.8 Å². The number of nitrogens with zero attached hydrogens (tertiary/aromatic N) is 3. The molecule has 7 heteroatoms. The molecule has 0 spiro atoms. The summed E-state index contributed by atoms with van der Waals surface area (Å²) in [5.74, 6) is 0. The maximum Gasteiger partial charge on any atom is 0.115 e. The summed E-state index contributed by atoms with van der Waals surface area (Å²) in [6.45, 7) is 0.685. The minimum atomic E-state index is -0.534. The van der Waals surface area contributed by atoms with E-state index in [-0.39, 0.29) is 13.2 Å². The maximum absolute atomic E-state index is 9.72. The molecule has 142 valence electrons. The van der Waals surface area contributed by atoms with Gasteiger partial charge in [-0.2, -0.15) is 0 Å². The summed E-state index contributed by atoms with van der Waals surface area (Å²) in [5, 5.41) is 13.3. The van der Waals surface area contributed by atoms with Crippen molar-refractivity contribution in [3.63, 3.8) is 0 Å². The van der Waals surface area contributed by atoms with Crippen LogP contribution >= 0.6 is 0 Å². The second-order valence-corrected chi connectivity index (χ2v) is 6.33. The van der Waals surface area contributed by atoms with Crippen molar-refractivity contribution in [2.24, 2.45) is 5.11 Å². The molecule has 1 aliphatic rings. The molecule has 4 atom stereocenters. The Balaban J connectivity index is 1.71. The van der Waals surface area contributed by atoms with E-state index in [1.165, 1.54) is 0 Å². The van der Waals surface area contributed by atoms with Crippen LogP contribution in [0.1, 0.15) is 11.1 Å². The van der Waals surface area contributed by atoms with E-state index in [2.05, 4.69) is 10.0 Å². The Labute approximate surface area is 158 Å². The minimum Gasteiger partial charge on any atom is -0.394 e. The minimum absolute atomic E-state index is 0.123. The van der Waals surface area contributed by atoms with Crippen LogP contribution in [0.25, 0.3) is 10.4 Å². The third-order valence-corrected chi connectivity index (χ3v) is 4.48. The summed E-state index contributed by atoms with van der Waals surface area (Å²) in [4.78, 5) is 2.81. The molecule has 7 nitrogen and oxygen atoms in total. The second kappa shape index (κ2) is 10.1. The van der Waals surface area contributed by atoms with Gasteiger partial charge < -0.3 is 19.3 Å². The molecule has 1 fully saturated rings. The van der Waals surface area contributed by atoms with Crippen LogP contribution in [0.4, 0.5) is 0 Å². The van der Waals surface area contributed by atoms with Crippen LogP contribution < -0.4 is 0 Å². The monoisotopic (exact) mass is 369 g/mol. The molecule has 0 unspecified atom stereocenters. The van der Waals surface area contributed by atoms with Crippen molar-refractivity contribution in [3.05, 3.63) is 82.2 Å². The fourth-order valence-corrected chi connectivity index (χ4v) is 3.15. The third kappa shape index (κ3) is 5.29. The molecular weight excluding hydrogens is 346 g/mol. The molecule has 1 N–H and O–H groups in total. The van der Waals surface area contributed by atoms with E-state index in [4.69, 9.17) is 19.7 Å². The van der Waals surface area contributed by atoms with Crippen LogP contribution in [0.2, 0.25) is 0 Å². The van der Waals surface area contributed by atoms with Crippen LogP contribution in [0.3, 0.4) is 0 Å². The van der Waals surface area contributed by atoms with Crippen molar-refractivity contribution in [2.75, 3.05) is 13.2 Å². The van der Waals surface area contributed by atoms with Gasteiger partial charge >= 0.3 is 0 Å². The van der Waals surface area contributed by atoms with Gasteiger partial charge in [0.2, 0.25) is 0 Å². The first-order valence-corrected chi connectivity index (χ1v) is 8.90. The van der Waals surface area contributed by atoms with Gasteiger partial charge in [-0.15, -0.1) is 0 Å². The molecule has 0 amide bonds. The molecule has 0 saturated carbocycles. The van der Waals surface area contributed by atoms with E-state index < -0.39 is 24.4 Å². The van der Waals surface area contributed by atoms with Gasteiger partial charge in [0.15, 0.2) is 0 Å². The molecule has 1 saturated heterocycles. The lowest BCUT2D eigenvalue weighted by molar-refractivity contribution is -0.0830. The number of hydrogen-bond donors (Lipinski definition) is 1. The topological polar surface area (TPSA) is 96.7 Å². The highest BCUT2D eigenvalue weighted by Gasteiger charge is 2.45. The Kier molecular flexibility index (Phi) is 7.21. The van der Waals surface area contributed by atoms with E-state index >= 15 is 0 Å². The summed E-state index contributed by atoms with van der Waals surface area (Å²) >= 11 is 0. The Morgan fingerprint density at radius 3 is 1.89 bits per heavy atom. The van der Waals surface area contributed by atoms with E-state index in [1.54, 1.807) is 0 Å². The summed E-state index contributed by atoms with van der Waals surface area (Å²) < 4.78 is 18.0. The molecule has 0 radical (unpaired) electrons. The maximum atomic E-state index is 9.72. The molecule has 1 heterocycles. The number of rotatable bonds is 9. The largest absolute Gasteiger partial charge is 0.394 e. The van der Waals surface area contributed by atoms with Crippen molar-refractivity contribution in [1.29, 1.82) is 0 Å². The highest BCUT2D eigenvalue weighted by atomic mass is 16.6. The van der Waals surface area contributed by atoms with Gasteiger partial charge in [-0.25, -0.2) is 0 Å². The highest BCUT2D eigenvalue weighted by molar-refractivity contribution is 5.14. The fraction of sp³-hybridized carbons (Fsp3) is 0.400. The van der Waals surface area contributed by atoms with Gasteiger partial charge in [-0.3, -0.25) is 0 Å². The predicted molar refractivity (Wildman–Crippen MR) is 99.8 cm³/mol.